The number of piperidine rings is 1. The van der Waals surface area contributed by atoms with Crippen molar-refractivity contribution in [2.45, 2.75) is 75.5 Å². The molecule has 11 heteroatoms. The molecule has 1 spiro atoms. The molecule has 0 aromatic heterocycles. The average molecular weight is 573 g/mol. The molecule has 2 aromatic carbocycles. The van der Waals surface area contributed by atoms with Crippen LogP contribution in [0.2, 0.25) is 0 Å². The summed E-state index contributed by atoms with van der Waals surface area (Å²) in [5, 5.41) is 13.0. The van der Waals surface area contributed by atoms with Gasteiger partial charge in [0.1, 0.15) is 17.6 Å². The van der Waals surface area contributed by atoms with E-state index in [1.165, 1.54) is 12.1 Å². The van der Waals surface area contributed by atoms with Gasteiger partial charge < -0.3 is 34.3 Å². The summed E-state index contributed by atoms with van der Waals surface area (Å²) in [4.78, 5) is 28.7. The van der Waals surface area contributed by atoms with Crippen molar-refractivity contribution in [3.63, 3.8) is 0 Å². The maximum Gasteiger partial charge on any atom is 0.586 e. The SMILES string of the molecule is COC1CC2(CCN1C(=O)C(C)(C)CO)CC(NC(=O)C1(c3ccc4c(c3)OC(F)(F)O4)CC1)c1ccccc1O2. The van der Waals surface area contributed by atoms with Gasteiger partial charge in [-0.3, -0.25) is 9.59 Å². The van der Waals surface area contributed by atoms with E-state index in [1.54, 1.807) is 31.9 Å². The first-order chi connectivity index (χ1) is 19.4. The summed E-state index contributed by atoms with van der Waals surface area (Å²) in [5.41, 5.74) is -1.04. The van der Waals surface area contributed by atoms with Gasteiger partial charge in [-0.2, -0.15) is 0 Å². The van der Waals surface area contributed by atoms with E-state index in [0.717, 1.165) is 5.56 Å². The van der Waals surface area contributed by atoms with E-state index in [0.29, 0.717) is 50.0 Å². The molecule has 3 heterocycles. The average Bonchev–Trinajstić information content (AvgIpc) is 3.69. The van der Waals surface area contributed by atoms with Crippen molar-refractivity contribution in [3.8, 4) is 17.2 Å². The predicted molar refractivity (Wildman–Crippen MR) is 141 cm³/mol. The highest BCUT2D eigenvalue weighted by Crippen LogP contribution is 2.53. The number of ether oxygens (including phenoxy) is 4. The number of likely N-dealkylation sites (tertiary alicyclic amines) is 1. The summed E-state index contributed by atoms with van der Waals surface area (Å²) in [6.07, 6.45) is -1.77. The quantitative estimate of drug-likeness (QED) is 0.539. The largest absolute Gasteiger partial charge is 0.586 e. The number of aliphatic hydroxyl groups is 1. The number of methoxy groups -OCH3 is 1. The van der Waals surface area contributed by atoms with Crippen molar-refractivity contribution in [2.75, 3.05) is 20.3 Å². The van der Waals surface area contributed by atoms with Crippen LogP contribution in [-0.4, -0.2) is 60.2 Å². The van der Waals surface area contributed by atoms with Crippen molar-refractivity contribution in [3.05, 3.63) is 53.6 Å². The fourth-order valence-electron chi connectivity index (χ4n) is 6.24. The van der Waals surface area contributed by atoms with Crippen molar-refractivity contribution in [1.82, 2.24) is 10.2 Å². The smallest absolute Gasteiger partial charge is 0.487 e. The molecule has 41 heavy (non-hydrogen) atoms. The minimum atomic E-state index is -3.73. The Balaban J connectivity index is 1.24. The molecule has 0 bridgehead atoms. The van der Waals surface area contributed by atoms with Crippen LogP contribution in [0.3, 0.4) is 0 Å². The Labute approximate surface area is 236 Å². The molecule has 3 atom stereocenters. The Morgan fingerprint density at radius 2 is 1.78 bits per heavy atom. The van der Waals surface area contributed by atoms with Crippen molar-refractivity contribution in [1.29, 1.82) is 0 Å². The number of rotatable bonds is 6. The summed E-state index contributed by atoms with van der Waals surface area (Å²) in [6.45, 7) is 3.49. The number of hydrogen-bond donors (Lipinski definition) is 2. The molecule has 1 saturated heterocycles. The van der Waals surface area contributed by atoms with Crippen LogP contribution >= 0.6 is 0 Å². The second kappa shape index (κ2) is 9.55. The van der Waals surface area contributed by atoms with Crippen LogP contribution in [-0.2, 0) is 19.7 Å². The highest BCUT2D eigenvalue weighted by Gasteiger charge is 2.55. The molecular formula is C30H34F2N2O7. The Morgan fingerprint density at radius 1 is 1.05 bits per heavy atom. The van der Waals surface area contributed by atoms with Crippen LogP contribution in [0.4, 0.5) is 8.78 Å². The third-order valence-corrected chi connectivity index (χ3v) is 8.85. The summed E-state index contributed by atoms with van der Waals surface area (Å²) < 4.78 is 48.6. The van der Waals surface area contributed by atoms with Crippen LogP contribution in [0.5, 0.6) is 17.2 Å². The van der Waals surface area contributed by atoms with E-state index < -0.39 is 29.0 Å². The van der Waals surface area contributed by atoms with Crippen LogP contribution in [0, 0.1) is 5.41 Å². The van der Waals surface area contributed by atoms with E-state index >= 15 is 0 Å². The first-order valence-electron chi connectivity index (χ1n) is 13.8. The summed E-state index contributed by atoms with van der Waals surface area (Å²) >= 11 is 0. The minimum absolute atomic E-state index is 0.0600. The lowest BCUT2D eigenvalue weighted by Crippen LogP contribution is -2.60. The van der Waals surface area contributed by atoms with E-state index in [-0.39, 0.29) is 36.0 Å². The lowest BCUT2D eigenvalue weighted by atomic mass is 9.78. The second-order valence-corrected chi connectivity index (χ2v) is 12.1. The lowest BCUT2D eigenvalue weighted by Gasteiger charge is -2.50. The van der Waals surface area contributed by atoms with Gasteiger partial charge in [0.2, 0.25) is 11.8 Å². The molecule has 3 aliphatic heterocycles. The zero-order valence-corrected chi connectivity index (χ0v) is 23.2. The molecular weight excluding hydrogens is 538 g/mol. The third kappa shape index (κ3) is 4.78. The van der Waals surface area contributed by atoms with E-state index in [2.05, 4.69) is 14.8 Å². The first-order valence-corrected chi connectivity index (χ1v) is 13.8. The fourth-order valence-corrected chi connectivity index (χ4v) is 6.24. The molecule has 1 aliphatic carbocycles. The van der Waals surface area contributed by atoms with Gasteiger partial charge in [-0.15, -0.1) is 8.78 Å². The number of halogens is 2. The Morgan fingerprint density at radius 3 is 2.49 bits per heavy atom. The number of alkyl halides is 2. The highest BCUT2D eigenvalue weighted by atomic mass is 19.3. The molecule has 2 amide bonds. The Bertz CT molecular complexity index is 1380. The van der Waals surface area contributed by atoms with E-state index in [4.69, 9.17) is 9.47 Å². The maximum absolute atomic E-state index is 13.8. The number of carbonyl (C=O) groups is 2. The molecule has 6 rings (SSSR count). The van der Waals surface area contributed by atoms with Gasteiger partial charge in [0.25, 0.3) is 0 Å². The Hall–Kier alpha value is -3.44. The van der Waals surface area contributed by atoms with Gasteiger partial charge in [-0.25, -0.2) is 0 Å². The zero-order valence-electron chi connectivity index (χ0n) is 23.2. The van der Waals surface area contributed by atoms with Gasteiger partial charge in [-0.1, -0.05) is 24.3 Å². The summed E-state index contributed by atoms with van der Waals surface area (Å²) in [6, 6.07) is 11.7. The molecule has 220 valence electrons. The van der Waals surface area contributed by atoms with Crippen molar-refractivity contribution in [2.24, 2.45) is 5.41 Å². The van der Waals surface area contributed by atoms with Gasteiger partial charge >= 0.3 is 6.29 Å². The molecule has 4 aliphatic rings. The molecule has 3 unspecified atom stereocenters. The standard InChI is InChI=1S/C30H34F2N2O7/c1-27(2,17-35)26(37)34-13-12-28(16-24(34)38-3)15-20(19-6-4-5-7-21(19)39-28)33-25(36)29(10-11-29)18-8-9-22-23(14-18)41-30(31,32)40-22/h4-9,14,20,24,35H,10-13,15-17H2,1-3H3,(H,33,36). The number of hydrogen-bond acceptors (Lipinski definition) is 7. The minimum Gasteiger partial charge on any atom is -0.487 e. The van der Waals surface area contributed by atoms with E-state index in [1.807, 2.05) is 24.3 Å². The van der Waals surface area contributed by atoms with Gasteiger partial charge in [0.15, 0.2) is 11.5 Å². The van der Waals surface area contributed by atoms with Gasteiger partial charge in [0.05, 0.1) is 23.5 Å². The Kier molecular flexibility index (Phi) is 6.46. The molecule has 2 fully saturated rings. The van der Waals surface area contributed by atoms with Crippen LogP contribution in [0.15, 0.2) is 42.5 Å². The lowest BCUT2D eigenvalue weighted by molar-refractivity contribution is -0.286. The fraction of sp³-hybridized carbons (Fsp3) is 0.533. The maximum atomic E-state index is 13.8. The molecule has 9 nitrogen and oxygen atoms in total. The number of carbonyl (C=O) groups excluding carboxylic acids is 2. The summed E-state index contributed by atoms with van der Waals surface area (Å²) in [7, 11) is 1.55. The van der Waals surface area contributed by atoms with Gasteiger partial charge in [-0.05, 0) is 50.5 Å². The molecule has 2 aromatic rings. The predicted octanol–water partition coefficient (Wildman–Crippen LogP) is 4.03. The topological polar surface area (TPSA) is 107 Å². The highest BCUT2D eigenvalue weighted by molar-refractivity contribution is 5.92. The van der Waals surface area contributed by atoms with Crippen molar-refractivity contribution < 1.29 is 42.4 Å². The van der Waals surface area contributed by atoms with Crippen molar-refractivity contribution >= 4 is 11.8 Å². The number of nitrogens with one attached hydrogen (secondary N) is 1. The first kappa shape index (κ1) is 27.7. The second-order valence-electron chi connectivity index (χ2n) is 12.1. The number of fused-ring (bicyclic) bond motifs is 2. The monoisotopic (exact) mass is 572 g/mol. The molecule has 0 radical (unpaired) electrons. The number of aliphatic hydroxyl groups excluding tert-OH is 1. The van der Waals surface area contributed by atoms with Crippen LogP contribution in [0.1, 0.15) is 63.1 Å². The van der Waals surface area contributed by atoms with Crippen LogP contribution in [0.25, 0.3) is 0 Å². The number of amides is 2. The third-order valence-electron chi connectivity index (χ3n) is 8.85. The number of para-hydroxylation sites is 1. The molecule has 2 N–H and O–H groups in total. The van der Waals surface area contributed by atoms with E-state index in [9.17, 15) is 23.5 Å². The van der Waals surface area contributed by atoms with Gasteiger partial charge in [0, 0.05) is 38.5 Å². The van der Waals surface area contributed by atoms with Crippen LogP contribution < -0.4 is 19.5 Å². The normalized spacial score (nSPS) is 27.1. The number of nitrogens with zero attached hydrogens (tertiary/aromatic N) is 1. The molecule has 1 saturated carbocycles. The summed E-state index contributed by atoms with van der Waals surface area (Å²) in [5.74, 6) is 0.124. The zero-order chi connectivity index (χ0) is 29.2. The number of benzene rings is 2.